The van der Waals surface area contributed by atoms with Crippen LogP contribution in [-0.4, -0.2) is 65.4 Å². The van der Waals surface area contributed by atoms with Crippen LogP contribution in [0.3, 0.4) is 0 Å². The van der Waals surface area contributed by atoms with Gasteiger partial charge in [-0.05, 0) is 62.7 Å². The molecule has 228 valence electrons. The number of imidazole rings is 1. The van der Waals surface area contributed by atoms with E-state index < -0.39 is 11.8 Å². The third-order valence-corrected chi connectivity index (χ3v) is 8.39. The van der Waals surface area contributed by atoms with Crippen molar-refractivity contribution in [3.05, 3.63) is 82.6 Å². The van der Waals surface area contributed by atoms with Gasteiger partial charge in [-0.3, -0.25) is 4.90 Å². The second-order valence-corrected chi connectivity index (χ2v) is 11.1. The molecule has 2 aromatic heterocycles. The Morgan fingerprint density at radius 3 is 2.61 bits per heavy atom. The van der Waals surface area contributed by atoms with E-state index in [1.54, 1.807) is 31.4 Å². The van der Waals surface area contributed by atoms with E-state index in [9.17, 15) is 9.18 Å². The molecule has 0 amide bonds. The molecule has 0 radical (unpaired) electrons. The van der Waals surface area contributed by atoms with Crippen molar-refractivity contribution >= 4 is 17.0 Å². The molecule has 2 saturated heterocycles. The van der Waals surface area contributed by atoms with E-state index in [0.29, 0.717) is 41.4 Å². The van der Waals surface area contributed by atoms with E-state index in [1.807, 2.05) is 24.3 Å². The van der Waals surface area contributed by atoms with E-state index in [-0.39, 0.29) is 24.2 Å². The van der Waals surface area contributed by atoms with Crippen molar-refractivity contribution in [2.75, 3.05) is 33.9 Å². The summed E-state index contributed by atoms with van der Waals surface area (Å²) >= 11 is 0. The van der Waals surface area contributed by atoms with Gasteiger partial charge in [0.25, 0.3) is 0 Å². The van der Waals surface area contributed by atoms with E-state index in [4.69, 9.17) is 34.2 Å². The predicted octanol–water partition coefficient (Wildman–Crippen LogP) is 4.98. The molecule has 2 aliphatic heterocycles. The van der Waals surface area contributed by atoms with Crippen LogP contribution in [0.1, 0.15) is 58.2 Å². The van der Waals surface area contributed by atoms with Gasteiger partial charge in [0.15, 0.2) is 0 Å². The Morgan fingerprint density at radius 2 is 1.93 bits per heavy atom. The van der Waals surface area contributed by atoms with Crippen LogP contribution < -0.4 is 9.47 Å². The third-order valence-electron chi connectivity index (χ3n) is 8.39. The van der Waals surface area contributed by atoms with Crippen molar-refractivity contribution in [3.8, 4) is 17.7 Å². The average Bonchev–Trinajstić information content (AvgIpc) is 3.38. The van der Waals surface area contributed by atoms with Gasteiger partial charge in [0, 0.05) is 29.8 Å². The molecule has 2 aliphatic rings. The molecule has 6 rings (SSSR count). The summed E-state index contributed by atoms with van der Waals surface area (Å²) in [6.07, 6.45) is 2.93. The van der Waals surface area contributed by atoms with Crippen LogP contribution >= 0.6 is 0 Å². The standard InChI is InChI=1S/C33H34FN5O5/c1-41-29-16-24(33(40)42-2)15-28-32(29)37-30(39(28)18-25-10-13-43-25)19-38-11-8-22(9-12-38)27-4-3-5-31(36-27)44-20-23-7-6-21(17-35)14-26(23)34/h3-7,14-16,22,25H,8-13,18-20H2,1-2H3/t25-/m0/s1. The van der Waals surface area contributed by atoms with Gasteiger partial charge in [-0.25, -0.2) is 19.2 Å². The highest BCUT2D eigenvalue weighted by molar-refractivity contribution is 5.96. The van der Waals surface area contributed by atoms with Gasteiger partial charge in [0.2, 0.25) is 5.88 Å². The van der Waals surface area contributed by atoms with Crippen molar-refractivity contribution in [3.63, 3.8) is 0 Å². The summed E-state index contributed by atoms with van der Waals surface area (Å²) in [4.78, 5) is 24.5. The topological polar surface area (TPSA) is 112 Å². The first kappa shape index (κ1) is 29.5. The van der Waals surface area contributed by atoms with Crippen molar-refractivity contribution in [1.82, 2.24) is 19.4 Å². The lowest BCUT2D eigenvalue weighted by atomic mass is 9.93. The number of aromatic nitrogens is 3. The number of methoxy groups -OCH3 is 2. The van der Waals surface area contributed by atoms with Gasteiger partial charge in [-0.2, -0.15) is 5.26 Å². The number of esters is 1. The molecular formula is C33H34FN5O5. The lowest BCUT2D eigenvalue weighted by Gasteiger charge is -2.32. The second-order valence-electron chi connectivity index (χ2n) is 11.1. The lowest BCUT2D eigenvalue weighted by Crippen LogP contribution is -2.35. The third kappa shape index (κ3) is 6.23. The Balaban J connectivity index is 1.14. The fourth-order valence-corrected chi connectivity index (χ4v) is 5.80. The predicted molar refractivity (Wildman–Crippen MR) is 159 cm³/mol. The van der Waals surface area contributed by atoms with Gasteiger partial charge in [-0.1, -0.05) is 12.1 Å². The number of ether oxygens (including phenoxy) is 4. The zero-order chi connectivity index (χ0) is 30.6. The van der Waals surface area contributed by atoms with Gasteiger partial charge >= 0.3 is 5.97 Å². The minimum absolute atomic E-state index is 0.0330. The Hall–Kier alpha value is -4.53. The normalized spacial score (nSPS) is 17.2. The number of pyridine rings is 1. The molecule has 4 aromatic rings. The fourth-order valence-electron chi connectivity index (χ4n) is 5.80. The number of likely N-dealkylation sites (tertiary alicyclic amines) is 1. The molecule has 4 heterocycles. The smallest absolute Gasteiger partial charge is 0.338 e. The minimum atomic E-state index is -0.469. The van der Waals surface area contributed by atoms with Crippen LogP contribution in [0.5, 0.6) is 11.6 Å². The molecule has 0 saturated carbocycles. The number of piperidine rings is 1. The Morgan fingerprint density at radius 1 is 1.11 bits per heavy atom. The Bertz CT molecular complexity index is 1700. The molecule has 2 aromatic carbocycles. The molecule has 0 bridgehead atoms. The zero-order valence-electron chi connectivity index (χ0n) is 24.8. The summed E-state index contributed by atoms with van der Waals surface area (Å²) < 4.78 is 38.6. The second kappa shape index (κ2) is 13.0. The number of hydrogen-bond acceptors (Lipinski definition) is 9. The van der Waals surface area contributed by atoms with Crippen LogP contribution in [0.4, 0.5) is 4.39 Å². The highest BCUT2D eigenvalue weighted by Gasteiger charge is 2.27. The zero-order valence-corrected chi connectivity index (χ0v) is 24.8. The van der Waals surface area contributed by atoms with Crippen molar-refractivity contribution in [2.45, 2.75) is 51.0 Å². The largest absolute Gasteiger partial charge is 0.494 e. The molecule has 0 unspecified atom stereocenters. The summed E-state index contributed by atoms with van der Waals surface area (Å²) in [6, 6.07) is 15.5. The molecule has 11 heteroatoms. The highest BCUT2D eigenvalue weighted by atomic mass is 19.1. The molecule has 0 aliphatic carbocycles. The van der Waals surface area contributed by atoms with Crippen molar-refractivity contribution in [2.24, 2.45) is 0 Å². The number of rotatable bonds is 10. The number of carbonyl (C=O) groups excluding carboxylic acids is 1. The number of nitriles is 1. The van der Waals surface area contributed by atoms with Crippen LogP contribution in [0, 0.1) is 17.1 Å². The van der Waals surface area contributed by atoms with Gasteiger partial charge < -0.3 is 23.5 Å². The Kier molecular flexibility index (Phi) is 8.72. The number of halogens is 1. The van der Waals surface area contributed by atoms with Gasteiger partial charge in [-0.15, -0.1) is 0 Å². The highest BCUT2D eigenvalue weighted by Crippen LogP contribution is 2.32. The van der Waals surface area contributed by atoms with Gasteiger partial charge in [0.05, 0.1) is 56.1 Å². The maximum absolute atomic E-state index is 14.3. The number of hydrogen-bond donors (Lipinski definition) is 0. The SMILES string of the molecule is COC(=O)c1cc(OC)c2nc(CN3CCC(c4cccc(OCc5ccc(C#N)cc5F)n4)CC3)n(C[C@@H]3CCO3)c2c1. The Labute approximate surface area is 254 Å². The summed E-state index contributed by atoms with van der Waals surface area (Å²) in [5.74, 6) is 1.26. The average molecular weight is 600 g/mol. The van der Waals surface area contributed by atoms with E-state index in [1.165, 1.54) is 13.2 Å². The van der Waals surface area contributed by atoms with Crippen LogP contribution in [0.15, 0.2) is 48.5 Å². The van der Waals surface area contributed by atoms with Gasteiger partial charge in [0.1, 0.15) is 29.5 Å². The van der Waals surface area contributed by atoms with E-state index in [0.717, 1.165) is 56.0 Å². The minimum Gasteiger partial charge on any atom is -0.494 e. The number of nitrogens with zero attached hydrogens (tertiary/aromatic N) is 5. The number of fused-ring (bicyclic) bond motifs is 1. The quantitative estimate of drug-likeness (QED) is 0.233. The number of carbonyl (C=O) groups is 1. The first-order chi connectivity index (χ1) is 21.4. The molecule has 1 atom stereocenters. The lowest BCUT2D eigenvalue weighted by molar-refractivity contribution is -0.0592. The maximum atomic E-state index is 14.3. The molecule has 10 nitrogen and oxygen atoms in total. The summed E-state index contributed by atoms with van der Waals surface area (Å²) in [5, 5.41) is 8.95. The summed E-state index contributed by atoms with van der Waals surface area (Å²) in [6.45, 7) is 3.81. The molecule has 0 spiro atoms. The van der Waals surface area contributed by atoms with Crippen LogP contribution in [-0.2, 0) is 29.2 Å². The first-order valence-electron chi connectivity index (χ1n) is 14.7. The van der Waals surface area contributed by atoms with Crippen molar-refractivity contribution in [1.29, 1.82) is 5.26 Å². The summed E-state index contributed by atoms with van der Waals surface area (Å²) in [5.41, 5.74) is 3.56. The molecule has 0 N–H and O–H groups in total. The molecular weight excluding hydrogens is 565 g/mol. The summed E-state index contributed by atoms with van der Waals surface area (Å²) in [7, 11) is 2.94. The monoisotopic (exact) mass is 599 g/mol. The number of benzene rings is 2. The first-order valence-corrected chi connectivity index (χ1v) is 14.7. The van der Waals surface area contributed by atoms with Crippen LogP contribution in [0.25, 0.3) is 11.0 Å². The van der Waals surface area contributed by atoms with Crippen LogP contribution in [0.2, 0.25) is 0 Å². The molecule has 2 fully saturated rings. The molecule has 44 heavy (non-hydrogen) atoms. The van der Waals surface area contributed by atoms with E-state index in [2.05, 4.69) is 9.47 Å². The fraction of sp³-hybridized carbons (Fsp3) is 0.394. The maximum Gasteiger partial charge on any atom is 0.338 e. The van der Waals surface area contributed by atoms with Crippen molar-refractivity contribution < 1.29 is 28.1 Å². The van der Waals surface area contributed by atoms with E-state index >= 15 is 0 Å².